The number of nitrogens with one attached hydrogen (secondary N) is 2. The summed E-state index contributed by atoms with van der Waals surface area (Å²) in [5, 5.41) is 16.6. The van der Waals surface area contributed by atoms with Crippen LogP contribution in [-0.4, -0.2) is 16.7 Å². The largest absolute Gasteiger partial charge is 0.321 e. The molecule has 0 unspecified atom stereocenters. The van der Waals surface area contributed by atoms with E-state index >= 15 is 0 Å². The fraction of sp³-hybridized carbons (Fsp3) is 0. The molecule has 0 bridgehead atoms. The highest BCUT2D eigenvalue weighted by Gasteiger charge is 2.18. The molecule has 2 amide bonds. The standard InChI is InChI=1S/C22H16BrN3O4/c23-17-10-6-11-18(14-17)24-22(28)19(25-21(27)15-7-2-1-3-8-15)13-16-9-4-5-12-20(16)26(29)30/h1-14H,(H,24,28)(H,25,27). The average molecular weight is 466 g/mol. The van der Waals surface area contributed by atoms with Crippen molar-refractivity contribution in [2.45, 2.75) is 0 Å². The van der Waals surface area contributed by atoms with Gasteiger partial charge < -0.3 is 10.6 Å². The van der Waals surface area contributed by atoms with Crippen LogP contribution in [0.25, 0.3) is 6.08 Å². The van der Waals surface area contributed by atoms with Gasteiger partial charge in [-0.05, 0) is 42.5 Å². The lowest BCUT2D eigenvalue weighted by Crippen LogP contribution is -2.30. The van der Waals surface area contributed by atoms with Gasteiger partial charge in [0.25, 0.3) is 17.5 Å². The van der Waals surface area contributed by atoms with Crippen molar-refractivity contribution in [3.63, 3.8) is 0 Å². The summed E-state index contributed by atoms with van der Waals surface area (Å²) in [6, 6.07) is 21.3. The van der Waals surface area contributed by atoms with E-state index in [0.29, 0.717) is 11.3 Å². The van der Waals surface area contributed by atoms with Crippen molar-refractivity contribution in [2.24, 2.45) is 0 Å². The predicted octanol–water partition coefficient (Wildman–Crippen LogP) is 4.77. The topological polar surface area (TPSA) is 101 Å². The summed E-state index contributed by atoms with van der Waals surface area (Å²) in [5.74, 6) is -1.12. The van der Waals surface area contributed by atoms with E-state index in [9.17, 15) is 19.7 Å². The van der Waals surface area contributed by atoms with Gasteiger partial charge in [0.05, 0.1) is 10.5 Å². The maximum Gasteiger partial charge on any atom is 0.276 e. The van der Waals surface area contributed by atoms with Crippen LogP contribution in [0, 0.1) is 10.1 Å². The van der Waals surface area contributed by atoms with Crippen LogP contribution in [0.4, 0.5) is 11.4 Å². The van der Waals surface area contributed by atoms with Crippen LogP contribution in [0.3, 0.4) is 0 Å². The number of carbonyl (C=O) groups excluding carboxylic acids is 2. The Morgan fingerprint density at radius 2 is 1.63 bits per heavy atom. The molecule has 0 fully saturated rings. The van der Waals surface area contributed by atoms with Gasteiger partial charge in [0.15, 0.2) is 0 Å². The van der Waals surface area contributed by atoms with Gasteiger partial charge >= 0.3 is 0 Å². The summed E-state index contributed by atoms with van der Waals surface area (Å²) < 4.78 is 0.762. The molecule has 3 aromatic rings. The minimum Gasteiger partial charge on any atom is -0.321 e. The molecule has 0 saturated heterocycles. The third kappa shape index (κ3) is 5.39. The number of amides is 2. The van der Waals surface area contributed by atoms with Gasteiger partial charge in [-0.1, -0.05) is 52.3 Å². The molecule has 30 heavy (non-hydrogen) atoms. The number of rotatable bonds is 6. The van der Waals surface area contributed by atoms with E-state index in [2.05, 4.69) is 26.6 Å². The summed E-state index contributed by atoms with van der Waals surface area (Å²) in [5.41, 5.74) is 0.727. The molecule has 2 N–H and O–H groups in total. The van der Waals surface area contributed by atoms with Gasteiger partial charge in [-0.15, -0.1) is 0 Å². The highest BCUT2D eigenvalue weighted by atomic mass is 79.9. The fourth-order valence-electron chi connectivity index (χ4n) is 2.64. The minimum atomic E-state index is -0.615. The number of nitrogens with zero attached hydrogens (tertiary/aromatic N) is 1. The number of nitro groups is 1. The zero-order chi connectivity index (χ0) is 21.5. The van der Waals surface area contributed by atoms with Crippen molar-refractivity contribution in [2.75, 3.05) is 5.32 Å². The first-order valence-electron chi connectivity index (χ1n) is 8.82. The second-order valence-corrected chi connectivity index (χ2v) is 7.07. The van der Waals surface area contributed by atoms with Crippen LogP contribution < -0.4 is 10.6 Å². The van der Waals surface area contributed by atoms with Crippen molar-refractivity contribution in [1.29, 1.82) is 0 Å². The van der Waals surface area contributed by atoms with Gasteiger partial charge in [-0.25, -0.2) is 0 Å². The molecule has 0 spiro atoms. The lowest BCUT2D eigenvalue weighted by atomic mass is 10.1. The molecule has 0 atom stereocenters. The summed E-state index contributed by atoms with van der Waals surface area (Å²) in [6.45, 7) is 0. The molecular weight excluding hydrogens is 450 g/mol. The van der Waals surface area contributed by atoms with Gasteiger partial charge in [0.2, 0.25) is 0 Å². The van der Waals surface area contributed by atoms with Crippen LogP contribution in [0.1, 0.15) is 15.9 Å². The number of halogens is 1. The zero-order valence-electron chi connectivity index (χ0n) is 15.5. The summed E-state index contributed by atoms with van der Waals surface area (Å²) in [7, 11) is 0. The van der Waals surface area contributed by atoms with Crippen LogP contribution in [0.15, 0.2) is 89.0 Å². The molecule has 0 aliphatic rings. The quantitative estimate of drug-likeness (QED) is 0.311. The Labute approximate surface area is 180 Å². The molecule has 0 radical (unpaired) electrons. The molecule has 0 aliphatic heterocycles. The third-order valence-electron chi connectivity index (χ3n) is 4.04. The van der Waals surface area contributed by atoms with E-state index in [1.165, 1.54) is 24.3 Å². The first-order chi connectivity index (χ1) is 14.4. The predicted molar refractivity (Wildman–Crippen MR) is 118 cm³/mol. The van der Waals surface area contributed by atoms with Crippen LogP contribution in [0.5, 0.6) is 0 Å². The van der Waals surface area contributed by atoms with E-state index in [0.717, 1.165) is 4.47 Å². The second-order valence-electron chi connectivity index (χ2n) is 6.16. The van der Waals surface area contributed by atoms with Crippen molar-refractivity contribution in [3.05, 3.63) is 110 Å². The lowest BCUT2D eigenvalue weighted by Gasteiger charge is -2.12. The molecule has 7 nitrogen and oxygen atoms in total. The Hall–Kier alpha value is -3.78. The molecule has 8 heteroatoms. The molecule has 3 rings (SSSR count). The molecular formula is C22H16BrN3O4. The number of para-hydroxylation sites is 1. The summed E-state index contributed by atoms with van der Waals surface area (Å²) >= 11 is 3.33. The summed E-state index contributed by atoms with van der Waals surface area (Å²) in [4.78, 5) is 36.3. The maximum atomic E-state index is 12.9. The van der Waals surface area contributed by atoms with Crippen LogP contribution in [-0.2, 0) is 4.79 Å². The van der Waals surface area contributed by atoms with E-state index in [1.807, 2.05) is 0 Å². The van der Waals surface area contributed by atoms with Gasteiger partial charge in [-0.2, -0.15) is 0 Å². The minimum absolute atomic E-state index is 0.127. The molecule has 150 valence electrons. The van der Waals surface area contributed by atoms with Crippen molar-refractivity contribution < 1.29 is 14.5 Å². The van der Waals surface area contributed by atoms with Gasteiger partial charge in [0, 0.05) is 21.8 Å². The monoisotopic (exact) mass is 465 g/mol. The Kier molecular flexibility index (Phi) is 6.71. The number of hydrogen-bond acceptors (Lipinski definition) is 4. The average Bonchev–Trinajstić information content (AvgIpc) is 2.74. The molecule has 0 aliphatic carbocycles. The Bertz CT molecular complexity index is 1130. The first kappa shape index (κ1) is 20.9. The molecule has 0 saturated carbocycles. The number of benzene rings is 3. The fourth-order valence-corrected chi connectivity index (χ4v) is 3.04. The van der Waals surface area contributed by atoms with E-state index in [4.69, 9.17) is 0 Å². The smallest absolute Gasteiger partial charge is 0.276 e. The van der Waals surface area contributed by atoms with E-state index in [1.54, 1.807) is 60.7 Å². The second kappa shape index (κ2) is 9.62. The third-order valence-corrected chi connectivity index (χ3v) is 4.54. The normalized spacial score (nSPS) is 10.9. The number of hydrogen-bond donors (Lipinski definition) is 2. The Morgan fingerprint density at radius 3 is 2.33 bits per heavy atom. The summed E-state index contributed by atoms with van der Waals surface area (Å²) in [6.07, 6.45) is 1.28. The van der Waals surface area contributed by atoms with E-state index < -0.39 is 16.7 Å². The number of nitro benzene ring substituents is 1. The highest BCUT2D eigenvalue weighted by Crippen LogP contribution is 2.21. The van der Waals surface area contributed by atoms with Crippen molar-refractivity contribution in [1.82, 2.24) is 5.32 Å². The Morgan fingerprint density at radius 1 is 0.933 bits per heavy atom. The first-order valence-corrected chi connectivity index (χ1v) is 9.62. The number of carbonyl (C=O) groups is 2. The Balaban J connectivity index is 1.97. The van der Waals surface area contributed by atoms with Gasteiger partial charge in [0.1, 0.15) is 5.70 Å². The zero-order valence-corrected chi connectivity index (χ0v) is 17.1. The van der Waals surface area contributed by atoms with Gasteiger partial charge in [-0.3, -0.25) is 19.7 Å². The molecule has 0 heterocycles. The SMILES string of the molecule is O=C(Nc1cccc(Br)c1)C(=Cc1ccccc1[N+](=O)[O-])NC(=O)c1ccccc1. The highest BCUT2D eigenvalue weighted by molar-refractivity contribution is 9.10. The number of anilines is 1. The van der Waals surface area contributed by atoms with Crippen molar-refractivity contribution >= 4 is 45.2 Å². The van der Waals surface area contributed by atoms with Crippen LogP contribution in [0.2, 0.25) is 0 Å². The van der Waals surface area contributed by atoms with Crippen molar-refractivity contribution in [3.8, 4) is 0 Å². The van der Waals surface area contributed by atoms with E-state index in [-0.39, 0.29) is 16.9 Å². The molecule has 3 aromatic carbocycles. The molecule has 0 aromatic heterocycles. The maximum absolute atomic E-state index is 12.9. The lowest BCUT2D eigenvalue weighted by molar-refractivity contribution is -0.385. The van der Waals surface area contributed by atoms with Crippen LogP contribution >= 0.6 is 15.9 Å².